The molecule has 0 spiro atoms. The van der Waals surface area contributed by atoms with Crippen molar-refractivity contribution in [3.05, 3.63) is 52.0 Å². The lowest BCUT2D eigenvalue weighted by Gasteiger charge is -2.36. The zero-order chi connectivity index (χ0) is 18.9. The molecule has 1 aliphatic rings. The standard InChI is InChI=1S/C20H22FN3OS2/c1-14-2-3-16(23-11-14)12-22-13-20(21)5-7-24(8-6-20)18(25)17-10-15-4-9-26-19(15)27-17/h2-4,9-11,22H,5-8,12-13H2,1H3. The highest BCUT2D eigenvalue weighted by molar-refractivity contribution is 7.38. The Morgan fingerprint density at radius 1 is 1.33 bits per heavy atom. The van der Waals surface area contributed by atoms with Crippen molar-refractivity contribution in [1.29, 1.82) is 0 Å². The number of aromatic nitrogens is 1. The second-order valence-electron chi connectivity index (χ2n) is 7.15. The van der Waals surface area contributed by atoms with Crippen LogP contribution in [0, 0.1) is 6.92 Å². The zero-order valence-electron chi connectivity index (χ0n) is 15.2. The third-order valence-electron chi connectivity index (χ3n) is 5.03. The van der Waals surface area contributed by atoms with E-state index in [9.17, 15) is 4.79 Å². The molecule has 1 aliphatic heterocycles. The van der Waals surface area contributed by atoms with Gasteiger partial charge in [0.2, 0.25) is 0 Å². The Morgan fingerprint density at radius 2 is 2.15 bits per heavy atom. The largest absolute Gasteiger partial charge is 0.338 e. The minimum Gasteiger partial charge on any atom is -0.338 e. The van der Waals surface area contributed by atoms with E-state index >= 15 is 4.39 Å². The average Bonchev–Trinajstić information content (AvgIpc) is 3.25. The van der Waals surface area contributed by atoms with Crippen molar-refractivity contribution in [2.24, 2.45) is 0 Å². The summed E-state index contributed by atoms with van der Waals surface area (Å²) in [5, 5.41) is 6.34. The summed E-state index contributed by atoms with van der Waals surface area (Å²) in [6, 6.07) is 7.95. The summed E-state index contributed by atoms with van der Waals surface area (Å²) in [5.41, 5.74) is 0.759. The number of hydrogen-bond acceptors (Lipinski definition) is 5. The SMILES string of the molecule is Cc1ccc(CNCC2(F)CCN(C(=O)c3cc4ccsc4s3)CC2)nc1. The van der Waals surface area contributed by atoms with Crippen molar-refractivity contribution >= 4 is 38.0 Å². The molecular formula is C20H22FN3OS2. The zero-order valence-corrected chi connectivity index (χ0v) is 16.8. The van der Waals surface area contributed by atoms with Crippen LogP contribution in [0.5, 0.6) is 0 Å². The number of pyridine rings is 1. The predicted octanol–water partition coefficient (Wildman–Crippen LogP) is 4.40. The number of rotatable bonds is 5. The van der Waals surface area contributed by atoms with Gasteiger partial charge in [0.15, 0.2) is 0 Å². The lowest BCUT2D eigenvalue weighted by atomic mass is 9.93. The number of alkyl halides is 1. The smallest absolute Gasteiger partial charge is 0.263 e. The highest BCUT2D eigenvalue weighted by atomic mass is 32.2. The van der Waals surface area contributed by atoms with Crippen LogP contribution in [0.25, 0.3) is 9.40 Å². The molecule has 27 heavy (non-hydrogen) atoms. The van der Waals surface area contributed by atoms with E-state index in [0.29, 0.717) is 39.0 Å². The quantitative estimate of drug-likeness (QED) is 0.687. The number of piperidine rings is 1. The molecule has 0 aromatic carbocycles. The summed E-state index contributed by atoms with van der Waals surface area (Å²) < 4.78 is 16.3. The molecule has 0 unspecified atom stereocenters. The molecule has 0 saturated carbocycles. The first-order chi connectivity index (χ1) is 13.0. The van der Waals surface area contributed by atoms with Crippen molar-refractivity contribution in [3.63, 3.8) is 0 Å². The first-order valence-corrected chi connectivity index (χ1v) is 10.8. The highest BCUT2D eigenvalue weighted by Gasteiger charge is 2.36. The fraction of sp³-hybridized carbons (Fsp3) is 0.400. The van der Waals surface area contributed by atoms with Gasteiger partial charge in [-0.25, -0.2) is 4.39 Å². The minimum atomic E-state index is -1.27. The number of nitrogens with one attached hydrogen (secondary N) is 1. The molecule has 4 heterocycles. The molecular weight excluding hydrogens is 381 g/mol. The van der Waals surface area contributed by atoms with Gasteiger partial charge < -0.3 is 10.2 Å². The fourth-order valence-electron chi connectivity index (χ4n) is 3.33. The maximum absolute atomic E-state index is 15.1. The Hall–Kier alpha value is -1.83. The molecule has 3 aromatic heterocycles. The third kappa shape index (κ3) is 4.20. The van der Waals surface area contributed by atoms with Gasteiger partial charge in [0, 0.05) is 50.6 Å². The second kappa shape index (κ2) is 7.66. The van der Waals surface area contributed by atoms with Crippen LogP contribution in [-0.4, -0.2) is 41.1 Å². The van der Waals surface area contributed by atoms with Crippen molar-refractivity contribution in [1.82, 2.24) is 15.2 Å². The predicted molar refractivity (Wildman–Crippen MR) is 109 cm³/mol. The van der Waals surface area contributed by atoms with Gasteiger partial charge in [-0.1, -0.05) is 6.07 Å². The molecule has 4 rings (SSSR count). The summed E-state index contributed by atoms with van der Waals surface area (Å²) in [7, 11) is 0. The van der Waals surface area contributed by atoms with E-state index in [1.165, 1.54) is 15.4 Å². The number of carbonyl (C=O) groups is 1. The van der Waals surface area contributed by atoms with Crippen molar-refractivity contribution in [2.75, 3.05) is 19.6 Å². The molecule has 4 nitrogen and oxygen atoms in total. The first-order valence-electron chi connectivity index (χ1n) is 9.10. The van der Waals surface area contributed by atoms with E-state index in [-0.39, 0.29) is 5.91 Å². The molecule has 0 aliphatic carbocycles. The number of hydrogen-bond donors (Lipinski definition) is 1. The fourth-order valence-corrected chi connectivity index (χ4v) is 5.41. The molecule has 1 saturated heterocycles. The second-order valence-corrected chi connectivity index (χ2v) is 9.37. The molecule has 1 N–H and O–H groups in total. The van der Waals surface area contributed by atoms with Gasteiger partial charge in [-0.2, -0.15) is 0 Å². The highest BCUT2D eigenvalue weighted by Crippen LogP contribution is 2.32. The van der Waals surface area contributed by atoms with Gasteiger partial charge in [0.1, 0.15) is 5.67 Å². The van der Waals surface area contributed by atoms with Gasteiger partial charge in [-0.15, -0.1) is 22.7 Å². The number of fused-ring (bicyclic) bond motifs is 1. The van der Waals surface area contributed by atoms with Gasteiger partial charge in [-0.05, 0) is 36.1 Å². The summed E-state index contributed by atoms with van der Waals surface area (Å²) in [6.45, 7) is 3.77. The van der Waals surface area contributed by atoms with Crippen molar-refractivity contribution in [2.45, 2.75) is 32.0 Å². The lowest BCUT2D eigenvalue weighted by molar-refractivity contribution is 0.0438. The van der Waals surface area contributed by atoms with Gasteiger partial charge in [-0.3, -0.25) is 9.78 Å². The topological polar surface area (TPSA) is 45.2 Å². The first kappa shape index (κ1) is 18.5. The van der Waals surface area contributed by atoms with Crippen LogP contribution in [0.4, 0.5) is 4.39 Å². The van der Waals surface area contributed by atoms with Crippen LogP contribution in [0.2, 0.25) is 0 Å². The van der Waals surface area contributed by atoms with Crippen LogP contribution >= 0.6 is 22.7 Å². The Labute approximate surface area is 166 Å². The number of amides is 1. The number of carbonyl (C=O) groups excluding carboxylic acids is 1. The molecule has 0 atom stereocenters. The van der Waals surface area contributed by atoms with Crippen LogP contribution in [0.1, 0.15) is 33.8 Å². The maximum Gasteiger partial charge on any atom is 0.263 e. The lowest BCUT2D eigenvalue weighted by Crippen LogP contribution is -2.48. The number of aryl methyl sites for hydroxylation is 1. The van der Waals surface area contributed by atoms with Gasteiger partial charge >= 0.3 is 0 Å². The van der Waals surface area contributed by atoms with Crippen molar-refractivity contribution in [3.8, 4) is 0 Å². The summed E-state index contributed by atoms with van der Waals surface area (Å²) in [4.78, 5) is 19.6. The van der Waals surface area contributed by atoms with E-state index in [1.54, 1.807) is 16.2 Å². The summed E-state index contributed by atoms with van der Waals surface area (Å²) in [5.74, 6) is 0.0299. The number of nitrogens with zero attached hydrogens (tertiary/aromatic N) is 2. The van der Waals surface area contributed by atoms with E-state index in [0.717, 1.165) is 21.5 Å². The van der Waals surface area contributed by atoms with E-state index in [4.69, 9.17) is 0 Å². The molecule has 7 heteroatoms. The normalized spacial score (nSPS) is 16.7. The molecule has 142 valence electrons. The molecule has 0 radical (unpaired) electrons. The summed E-state index contributed by atoms with van der Waals surface area (Å²) >= 11 is 3.19. The molecule has 1 fully saturated rings. The number of likely N-dealkylation sites (tertiary alicyclic amines) is 1. The van der Waals surface area contributed by atoms with Crippen LogP contribution in [-0.2, 0) is 6.54 Å². The summed E-state index contributed by atoms with van der Waals surface area (Å²) in [6.07, 6.45) is 2.56. The van der Waals surface area contributed by atoms with Crippen LogP contribution in [0.3, 0.4) is 0 Å². The Balaban J connectivity index is 1.28. The Bertz CT molecular complexity index is 898. The number of thiophene rings is 2. The Kier molecular flexibility index (Phi) is 5.25. The van der Waals surface area contributed by atoms with Crippen LogP contribution in [0.15, 0.2) is 35.8 Å². The van der Waals surface area contributed by atoms with Gasteiger partial charge in [0.05, 0.1) is 14.6 Å². The monoisotopic (exact) mass is 403 g/mol. The third-order valence-corrected chi connectivity index (χ3v) is 7.22. The van der Waals surface area contributed by atoms with E-state index in [2.05, 4.69) is 10.3 Å². The van der Waals surface area contributed by atoms with E-state index < -0.39 is 5.67 Å². The van der Waals surface area contributed by atoms with Crippen LogP contribution < -0.4 is 5.32 Å². The Morgan fingerprint density at radius 3 is 2.85 bits per heavy atom. The minimum absolute atomic E-state index is 0.0299. The van der Waals surface area contributed by atoms with Crippen molar-refractivity contribution < 1.29 is 9.18 Å². The van der Waals surface area contributed by atoms with Gasteiger partial charge in [0.25, 0.3) is 5.91 Å². The average molecular weight is 404 g/mol. The molecule has 3 aromatic rings. The molecule has 0 bridgehead atoms. The number of halogens is 1. The molecule has 1 amide bonds. The van der Waals surface area contributed by atoms with E-state index in [1.807, 2.05) is 42.8 Å². The maximum atomic E-state index is 15.1.